The lowest BCUT2D eigenvalue weighted by atomic mass is 9.99. The molecule has 2 aromatic carbocycles. The second-order valence-electron chi connectivity index (χ2n) is 6.97. The molecule has 0 radical (unpaired) electrons. The van der Waals surface area contributed by atoms with Crippen LogP contribution in [0.1, 0.15) is 29.7 Å². The second kappa shape index (κ2) is 7.21. The summed E-state index contributed by atoms with van der Waals surface area (Å²) in [5.41, 5.74) is 2.09. The van der Waals surface area contributed by atoms with E-state index in [-0.39, 0.29) is 0 Å². The first-order valence-corrected chi connectivity index (χ1v) is 10.1. The molecular formula is C21H20N4OS. The Morgan fingerprint density at radius 1 is 1.04 bits per heavy atom. The van der Waals surface area contributed by atoms with Crippen molar-refractivity contribution >= 4 is 21.6 Å². The predicted octanol–water partition coefficient (Wildman–Crippen LogP) is 4.73. The van der Waals surface area contributed by atoms with Gasteiger partial charge in [-0.2, -0.15) is 4.98 Å². The van der Waals surface area contributed by atoms with E-state index in [0.29, 0.717) is 24.2 Å². The molecule has 6 heteroatoms. The highest BCUT2D eigenvalue weighted by Crippen LogP contribution is 2.33. The van der Waals surface area contributed by atoms with E-state index in [9.17, 15) is 0 Å². The molecule has 1 aliphatic heterocycles. The van der Waals surface area contributed by atoms with Crippen molar-refractivity contribution in [2.75, 3.05) is 13.1 Å². The number of benzene rings is 2. The fourth-order valence-corrected chi connectivity index (χ4v) is 4.77. The molecule has 1 aliphatic rings. The molecule has 1 fully saturated rings. The molecule has 5 rings (SSSR count). The average molecular weight is 376 g/mol. The van der Waals surface area contributed by atoms with Crippen molar-refractivity contribution in [2.45, 2.75) is 25.3 Å². The predicted molar refractivity (Wildman–Crippen MR) is 107 cm³/mol. The van der Waals surface area contributed by atoms with Gasteiger partial charge in [-0.1, -0.05) is 47.6 Å². The molecule has 0 unspecified atom stereocenters. The zero-order chi connectivity index (χ0) is 18.1. The molecule has 4 aromatic rings. The highest BCUT2D eigenvalue weighted by Gasteiger charge is 2.25. The van der Waals surface area contributed by atoms with Gasteiger partial charge in [0.05, 0.1) is 21.8 Å². The van der Waals surface area contributed by atoms with Crippen molar-refractivity contribution in [3.05, 3.63) is 65.5 Å². The summed E-state index contributed by atoms with van der Waals surface area (Å²) in [4.78, 5) is 11.8. The van der Waals surface area contributed by atoms with Gasteiger partial charge in [0.25, 0.3) is 0 Å². The fourth-order valence-electron chi connectivity index (χ4n) is 3.68. The summed E-state index contributed by atoms with van der Waals surface area (Å²) in [5.74, 6) is 1.82. The fraction of sp³-hybridized carbons (Fsp3) is 0.286. The van der Waals surface area contributed by atoms with E-state index >= 15 is 0 Å². The third kappa shape index (κ3) is 3.50. The summed E-state index contributed by atoms with van der Waals surface area (Å²) < 4.78 is 6.77. The van der Waals surface area contributed by atoms with Crippen molar-refractivity contribution < 1.29 is 4.52 Å². The first-order chi connectivity index (χ1) is 13.3. The SMILES string of the molecule is c1ccc(-c2noc(CN3CCC[C@@H](c4nc5ccccc5s4)C3)n2)cc1. The molecule has 0 N–H and O–H groups in total. The van der Waals surface area contributed by atoms with Crippen LogP contribution in [-0.4, -0.2) is 33.1 Å². The van der Waals surface area contributed by atoms with Crippen molar-refractivity contribution in [3.8, 4) is 11.4 Å². The van der Waals surface area contributed by atoms with Crippen LogP contribution < -0.4 is 0 Å². The molecule has 1 atom stereocenters. The molecule has 0 saturated carbocycles. The van der Waals surface area contributed by atoms with E-state index in [1.54, 1.807) is 0 Å². The number of aromatic nitrogens is 3. The Kier molecular flexibility index (Phi) is 4.43. The van der Waals surface area contributed by atoms with Crippen LogP contribution in [0.15, 0.2) is 59.1 Å². The van der Waals surface area contributed by atoms with Crippen LogP contribution in [0.4, 0.5) is 0 Å². The highest BCUT2D eigenvalue weighted by molar-refractivity contribution is 7.18. The lowest BCUT2D eigenvalue weighted by Gasteiger charge is -2.30. The molecule has 3 heterocycles. The van der Waals surface area contributed by atoms with Crippen molar-refractivity contribution in [2.24, 2.45) is 0 Å². The van der Waals surface area contributed by atoms with Gasteiger partial charge in [-0.25, -0.2) is 4.98 Å². The molecule has 0 bridgehead atoms. The van der Waals surface area contributed by atoms with Crippen LogP contribution in [-0.2, 0) is 6.54 Å². The minimum absolute atomic E-state index is 0.479. The third-order valence-corrected chi connectivity index (χ3v) is 6.22. The number of para-hydroxylation sites is 1. The first-order valence-electron chi connectivity index (χ1n) is 9.31. The number of thiazole rings is 1. The second-order valence-corrected chi connectivity index (χ2v) is 8.03. The molecule has 0 spiro atoms. The normalized spacial score (nSPS) is 18.1. The molecule has 5 nitrogen and oxygen atoms in total. The van der Waals surface area contributed by atoms with E-state index in [1.807, 2.05) is 41.7 Å². The summed E-state index contributed by atoms with van der Waals surface area (Å²) in [6, 6.07) is 18.3. The monoisotopic (exact) mass is 376 g/mol. The lowest BCUT2D eigenvalue weighted by molar-refractivity contribution is 0.177. The maximum absolute atomic E-state index is 5.49. The number of piperidine rings is 1. The van der Waals surface area contributed by atoms with Gasteiger partial charge >= 0.3 is 0 Å². The van der Waals surface area contributed by atoms with E-state index in [4.69, 9.17) is 9.51 Å². The van der Waals surface area contributed by atoms with E-state index < -0.39 is 0 Å². The quantitative estimate of drug-likeness (QED) is 0.515. The Morgan fingerprint density at radius 3 is 2.78 bits per heavy atom. The van der Waals surface area contributed by atoms with Gasteiger partial charge in [-0.15, -0.1) is 11.3 Å². The van der Waals surface area contributed by atoms with Gasteiger partial charge in [0.1, 0.15) is 0 Å². The molecule has 0 amide bonds. The minimum atomic E-state index is 0.479. The van der Waals surface area contributed by atoms with Crippen LogP contribution >= 0.6 is 11.3 Å². The Bertz CT molecular complexity index is 1010. The topological polar surface area (TPSA) is 55.1 Å². The summed E-state index contributed by atoms with van der Waals surface area (Å²) in [6.45, 7) is 2.74. The number of fused-ring (bicyclic) bond motifs is 1. The summed E-state index contributed by atoms with van der Waals surface area (Å²) in [5, 5.41) is 5.38. The average Bonchev–Trinajstić information content (AvgIpc) is 3.36. The minimum Gasteiger partial charge on any atom is -0.338 e. The van der Waals surface area contributed by atoms with E-state index in [0.717, 1.165) is 24.2 Å². The number of rotatable bonds is 4. The van der Waals surface area contributed by atoms with Crippen molar-refractivity contribution in [3.63, 3.8) is 0 Å². The smallest absolute Gasteiger partial charge is 0.241 e. The summed E-state index contributed by atoms with van der Waals surface area (Å²) in [7, 11) is 0. The van der Waals surface area contributed by atoms with Crippen LogP contribution in [0.5, 0.6) is 0 Å². The standard InChI is InChI=1S/C21H20N4OS/c1-2-7-15(8-3-1)20-23-19(26-24-20)14-25-12-6-9-16(13-25)21-22-17-10-4-5-11-18(17)27-21/h1-5,7-8,10-11,16H,6,9,12-14H2/t16-/m1/s1. The molecular weight excluding hydrogens is 356 g/mol. The first kappa shape index (κ1) is 16.6. The molecule has 0 aliphatic carbocycles. The van der Waals surface area contributed by atoms with E-state index in [2.05, 4.69) is 39.3 Å². The molecule has 2 aromatic heterocycles. The lowest BCUT2D eigenvalue weighted by Crippen LogP contribution is -2.33. The van der Waals surface area contributed by atoms with Crippen LogP contribution in [0.3, 0.4) is 0 Å². The van der Waals surface area contributed by atoms with Crippen LogP contribution in [0.2, 0.25) is 0 Å². The van der Waals surface area contributed by atoms with Gasteiger partial charge in [-0.05, 0) is 31.5 Å². The van der Waals surface area contributed by atoms with Crippen LogP contribution in [0.25, 0.3) is 21.6 Å². The maximum atomic E-state index is 5.49. The molecule has 136 valence electrons. The Hall–Kier alpha value is -2.57. The van der Waals surface area contributed by atoms with Gasteiger partial charge in [0.15, 0.2) is 0 Å². The van der Waals surface area contributed by atoms with Gasteiger partial charge < -0.3 is 4.52 Å². The Morgan fingerprint density at radius 2 is 1.89 bits per heavy atom. The Labute approximate surface area is 161 Å². The summed E-state index contributed by atoms with van der Waals surface area (Å²) in [6.07, 6.45) is 2.36. The Balaban J connectivity index is 1.29. The van der Waals surface area contributed by atoms with E-state index in [1.165, 1.54) is 22.5 Å². The van der Waals surface area contributed by atoms with Gasteiger partial charge in [0.2, 0.25) is 11.7 Å². The third-order valence-electron chi connectivity index (χ3n) is 5.02. The number of nitrogens with zero attached hydrogens (tertiary/aromatic N) is 4. The number of likely N-dealkylation sites (tertiary alicyclic amines) is 1. The zero-order valence-electron chi connectivity index (χ0n) is 14.9. The van der Waals surface area contributed by atoms with Gasteiger partial charge in [-0.3, -0.25) is 4.90 Å². The number of hydrogen-bond acceptors (Lipinski definition) is 6. The van der Waals surface area contributed by atoms with Gasteiger partial charge in [0, 0.05) is 18.0 Å². The zero-order valence-corrected chi connectivity index (χ0v) is 15.7. The highest BCUT2D eigenvalue weighted by atomic mass is 32.1. The van der Waals surface area contributed by atoms with Crippen LogP contribution in [0, 0.1) is 0 Å². The number of hydrogen-bond donors (Lipinski definition) is 0. The van der Waals surface area contributed by atoms with Crippen molar-refractivity contribution in [1.29, 1.82) is 0 Å². The van der Waals surface area contributed by atoms with Crippen molar-refractivity contribution in [1.82, 2.24) is 20.0 Å². The summed E-state index contributed by atoms with van der Waals surface area (Å²) >= 11 is 1.82. The largest absolute Gasteiger partial charge is 0.338 e. The molecule has 1 saturated heterocycles. The maximum Gasteiger partial charge on any atom is 0.241 e. The molecule has 27 heavy (non-hydrogen) atoms.